The van der Waals surface area contributed by atoms with Crippen LogP contribution >= 0.6 is 0 Å². The molecule has 7 nitrogen and oxygen atoms in total. The predicted molar refractivity (Wildman–Crippen MR) is 135 cm³/mol. The largest absolute Gasteiger partial charge is 0.390 e. The van der Waals surface area contributed by atoms with Crippen LogP contribution in [-0.4, -0.2) is 94.6 Å². The number of ether oxygens (including phenoxy) is 1. The van der Waals surface area contributed by atoms with Gasteiger partial charge in [0.1, 0.15) is 0 Å². The Labute approximate surface area is 210 Å². The van der Waals surface area contributed by atoms with E-state index in [0.717, 1.165) is 44.9 Å². The zero-order valence-electron chi connectivity index (χ0n) is 21.5. The molecule has 5 rings (SSSR count). The molecule has 2 heterocycles. The Morgan fingerprint density at radius 2 is 1.57 bits per heavy atom. The van der Waals surface area contributed by atoms with Crippen molar-refractivity contribution in [2.24, 2.45) is 0 Å². The highest BCUT2D eigenvalue weighted by Gasteiger charge is 2.56. The summed E-state index contributed by atoms with van der Waals surface area (Å²) in [6.07, 6.45) is 8.20. The van der Waals surface area contributed by atoms with Gasteiger partial charge < -0.3 is 24.7 Å². The van der Waals surface area contributed by atoms with Crippen molar-refractivity contribution in [3.63, 3.8) is 0 Å². The van der Waals surface area contributed by atoms with Crippen molar-refractivity contribution in [3.8, 4) is 0 Å². The molecule has 1 aromatic rings. The number of benzene rings is 1. The summed E-state index contributed by atoms with van der Waals surface area (Å²) in [4.78, 5) is 20.1. The Morgan fingerprint density at radius 3 is 2.14 bits per heavy atom. The smallest absolute Gasteiger partial charge is 0.320 e. The second-order valence-electron chi connectivity index (χ2n) is 12.0. The topological polar surface area (TPSA) is 76.5 Å². The van der Waals surface area contributed by atoms with Gasteiger partial charge in [0.2, 0.25) is 0 Å². The van der Waals surface area contributed by atoms with Crippen LogP contribution in [0.1, 0.15) is 69.8 Å². The van der Waals surface area contributed by atoms with Crippen LogP contribution in [0.4, 0.5) is 4.79 Å². The lowest BCUT2D eigenvalue weighted by Crippen LogP contribution is -2.59. The maximum absolute atomic E-state index is 13.8. The van der Waals surface area contributed by atoms with Gasteiger partial charge in [0.25, 0.3) is 0 Å². The standard InChI is InChI=1S/C28H43N3O4/c1-29(2)28(23-7-4-3-5-8-23)13-11-25(12-14-28)21-30(18-15-26(33)16-19-35-20-17-26)24(32)31(25)22-27(34)9-6-10-27/h3-5,7-8,33-34H,6,9-22H2,1-2H3. The summed E-state index contributed by atoms with van der Waals surface area (Å²) in [5.41, 5.74) is -0.445. The van der Waals surface area contributed by atoms with Gasteiger partial charge in [-0.2, -0.15) is 0 Å². The average Bonchev–Trinajstić information content (AvgIpc) is 3.09. The first-order valence-corrected chi connectivity index (χ1v) is 13.5. The summed E-state index contributed by atoms with van der Waals surface area (Å²) in [5, 5.41) is 22.1. The van der Waals surface area contributed by atoms with Gasteiger partial charge in [0.05, 0.1) is 23.3 Å². The number of amides is 2. The molecule has 1 aromatic carbocycles. The molecule has 2 aliphatic heterocycles. The van der Waals surface area contributed by atoms with E-state index in [1.54, 1.807) is 0 Å². The molecule has 4 fully saturated rings. The quantitative estimate of drug-likeness (QED) is 0.620. The predicted octanol–water partition coefficient (Wildman–Crippen LogP) is 3.34. The van der Waals surface area contributed by atoms with Crippen molar-refractivity contribution in [1.82, 2.24) is 14.7 Å². The Kier molecular flexibility index (Phi) is 6.66. The Balaban J connectivity index is 1.36. The molecule has 2 N–H and O–H groups in total. The lowest BCUT2D eigenvalue weighted by atomic mass is 9.67. The molecule has 35 heavy (non-hydrogen) atoms. The van der Waals surface area contributed by atoms with Crippen molar-refractivity contribution in [2.45, 2.75) is 86.5 Å². The van der Waals surface area contributed by atoms with E-state index >= 15 is 0 Å². The zero-order valence-corrected chi connectivity index (χ0v) is 21.5. The van der Waals surface area contributed by atoms with Gasteiger partial charge in [-0.05, 0) is 83.9 Å². The number of carbonyl (C=O) groups is 1. The Morgan fingerprint density at radius 1 is 0.914 bits per heavy atom. The average molecular weight is 486 g/mol. The number of β-amino-alcohol motifs (C(OH)–C–C–N with tert-alkyl or cyclic N) is 1. The molecule has 2 aliphatic carbocycles. The summed E-state index contributed by atoms with van der Waals surface area (Å²) >= 11 is 0. The summed E-state index contributed by atoms with van der Waals surface area (Å²) in [7, 11) is 4.33. The van der Waals surface area contributed by atoms with E-state index in [1.807, 2.05) is 9.80 Å². The first kappa shape index (κ1) is 25.0. The number of hydrogen-bond donors (Lipinski definition) is 2. The van der Waals surface area contributed by atoms with Crippen LogP contribution in [0.15, 0.2) is 30.3 Å². The minimum atomic E-state index is -0.745. The van der Waals surface area contributed by atoms with E-state index in [2.05, 4.69) is 49.3 Å². The van der Waals surface area contributed by atoms with E-state index in [0.29, 0.717) is 52.1 Å². The molecular weight excluding hydrogens is 442 g/mol. The van der Waals surface area contributed by atoms with Crippen molar-refractivity contribution >= 4 is 6.03 Å². The third-order valence-electron chi connectivity index (χ3n) is 9.74. The highest BCUT2D eigenvalue weighted by molar-refractivity contribution is 5.78. The van der Waals surface area contributed by atoms with Gasteiger partial charge in [-0.25, -0.2) is 4.79 Å². The summed E-state index contributed by atoms with van der Waals surface area (Å²) in [5.74, 6) is 0. The molecule has 1 spiro atoms. The molecule has 0 bridgehead atoms. The van der Waals surface area contributed by atoms with Gasteiger partial charge in [-0.1, -0.05) is 30.3 Å². The SMILES string of the molecule is CN(C)C1(c2ccccc2)CCC2(CC1)CN(CCC1(O)CCOCC1)C(=O)N2CC1(O)CCC1. The molecule has 4 aliphatic rings. The summed E-state index contributed by atoms with van der Waals surface area (Å²) < 4.78 is 5.43. The van der Waals surface area contributed by atoms with Crippen molar-refractivity contribution in [3.05, 3.63) is 35.9 Å². The zero-order chi connectivity index (χ0) is 24.7. The number of hydrogen-bond acceptors (Lipinski definition) is 5. The normalized spacial score (nSPS) is 32.3. The fourth-order valence-electron chi connectivity index (χ4n) is 6.97. The van der Waals surface area contributed by atoms with Crippen molar-refractivity contribution < 1.29 is 19.7 Å². The highest BCUT2D eigenvalue weighted by Crippen LogP contribution is 2.50. The third kappa shape index (κ3) is 4.61. The van der Waals surface area contributed by atoms with Crippen LogP contribution in [0.5, 0.6) is 0 Å². The number of nitrogens with zero attached hydrogens (tertiary/aromatic N) is 3. The molecule has 0 unspecified atom stereocenters. The number of rotatable bonds is 7. The van der Waals surface area contributed by atoms with Gasteiger partial charge in [0, 0.05) is 31.8 Å². The van der Waals surface area contributed by atoms with Crippen LogP contribution in [0.3, 0.4) is 0 Å². The molecule has 2 saturated carbocycles. The third-order valence-corrected chi connectivity index (χ3v) is 9.74. The number of aliphatic hydroxyl groups is 2. The molecule has 194 valence electrons. The van der Waals surface area contributed by atoms with Crippen LogP contribution in [0.25, 0.3) is 0 Å². The van der Waals surface area contributed by atoms with Crippen LogP contribution in [0.2, 0.25) is 0 Å². The maximum atomic E-state index is 13.8. The minimum absolute atomic E-state index is 0.0399. The van der Waals surface area contributed by atoms with Gasteiger partial charge in [0.15, 0.2) is 0 Å². The van der Waals surface area contributed by atoms with Crippen LogP contribution < -0.4 is 0 Å². The second-order valence-corrected chi connectivity index (χ2v) is 12.0. The van der Waals surface area contributed by atoms with Gasteiger partial charge in [-0.15, -0.1) is 0 Å². The highest BCUT2D eigenvalue weighted by atomic mass is 16.5. The minimum Gasteiger partial charge on any atom is -0.390 e. The van der Waals surface area contributed by atoms with E-state index in [9.17, 15) is 15.0 Å². The Hall–Kier alpha value is -1.67. The Bertz CT molecular complexity index is 887. The molecule has 2 saturated heterocycles. The van der Waals surface area contributed by atoms with E-state index in [-0.39, 0.29) is 17.1 Å². The molecule has 2 amide bonds. The van der Waals surface area contributed by atoms with Crippen LogP contribution in [0, 0.1) is 0 Å². The molecular formula is C28H43N3O4. The maximum Gasteiger partial charge on any atom is 0.320 e. The second kappa shape index (κ2) is 9.33. The van der Waals surface area contributed by atoms with E-state index < -0.39 is 11.2 Å². The lowest BCUT2D eigenvalue weighted by Gasteiger charge is -2.52. The lowest BCUT2D eigenvalue weighted by molar-refractivity contribution is -0.0725. The molecule has 0 aromatic heterocycles. The number of urea groups is 1. The molecule has 7 heteroatoms. The monoisotopic (exact) mass is 485 g/mol. The summed E-state index contributed by atoms with van der Waals surface area (Å²) in [6.45, 7) is 2.84. The van der Waals surface area contributed by atoms with Crippen LogP contribution in [-0.2, 0) is 10.3 Å². The molecule has 0 atom stereocenters. The number of carbonyl (C=O) groups excluding carboxylic acids is 1. The summed E-state index contributed by atoms with van der Waals surface area (Å²) in [6, 6.07) is 10.8. The van der Waals surface area contributed by atoms with Crippen molar-refractivity contribution in [2.75, 3.05) is 46.9 Å². The van der Waals surface area contributed by atoms with Gasteiger partial charge in [-0.3, -0.25) is 4.90 Å². The van der Waals surface area contributed by atoms with E-state index in [4.69, 9.17) is 4.74 Å². The first-order valence-electron chi connectivity index (χ1n) is 13.5. The fourth-order valence-corrected chi connectivity index (χ4v) is 6.97. The van der Waals surface area contributed by atoms with Gasteiger partial charge >= 0.3 is 6.03 Å². The van der Waals surface area contributed by atoms with Crippen molar-refractivity contribution in [1.29, 1.82) is 0 Å². The fraction of sp³-hybridized carbons (Fsp3) is 0.750. The first-order chi connectivity index (χ1) is 16.7. The van der Waals surface area contributed by atoms with E-state index in [1.165, 1.54) is 5.56 Å². The molecule has 0 radical (unpaired) electrons.